The van der Waals surface area contributed by atoms with Crippen molar-refractivity contribution in [3.63, 3.8) is 0 Å². The van der Waals surface area contributed by atoms with Crippen molar-refractivity contribution in [1.29, 1.82) is 5.26 Å². The van der Waals surface area contributed by atoms with Crippen LogP contribution in [-0.4, -0.2) is 33.4 Å². The fraction of sp³-hybridized carbons (Fsp3) is 0.389. The van der Waals surface area contributed by atoms with Crippen molar-refractivity contribution in [3.05, 3.63) is 48.4 Å². The van der Waals surface area contributed by atoms with Crippen LogP contribution >= 0.6 is 0 Å². The zero-order chi connectivity index (χ0) is 17.1. The number of nitrogens with zero attached hydrogens (tertiary/aromatic N) is 4. The van der Waals surface area contributed by atoms with Crippen molar-refractivity contribution in [2.24, 2.45) is 11.8 Å². The summed E-state index contributed by atoms with van der Waals surface area (Å²) in [6, 6.07) is 10.3. The molecular formula is C18H21N5O. The Morgan fingerprint density at radius 1 is 1.38 bits per heavy atom. The van der Waals surface area contributed by atoms with Gasteiger partial charge in [0.25, 0.3) is 0 Å². The molecule has 1 aromatic heterocycles. The smallest absolute Gasteiger partial charge is 0.230 e. The average Bonchev–Trinajstić information content (AvgIpc) is 3.21. The van der Waals surface area contributed by atoms with Crippen LogP contribution in [0.1, 0.15) is 25.5 Å². The third-order valence-electron chi connectivity index (χ3n) is 4.67. The van der Waals surface area contributed by atoms with E-state index >= 15 is 0 Å². The summed E-state index contributed by atoms with van der Waals surface area (Å²) in [6.45, 7) is 5.20. The molecule has 24 heavy (non-hydrogen) atoms. The number of imidazole rings is 1. The van der Waals surface area contributed by atoms with Crippen LogP contribution in [0, 0.1) is 23.3 Å². The number of carbonyl (C=O) groups excluding carboxylic acids is 1. The molecule has 0 aliphatic carbocycles. The summed E-state index contributed by atoms with van der Waals surface area (Å²) in [5.74, 6) is 0.458. The predicted octanol–water partition coefficient (Wildman–Crippen LogP) is 2.48. The molecule has 1 amide bonds. The van der Waals surface area contributed by atoms with Gasteiger partial charge in [-0.05, 0) is 18.4 Å². The van der Waals surface area contributed by atoms with Gasteiger partial charge in [-0.1, -0.05) is 37.3 Å². The standard InChI is InChI=1S/C18H21N5O/c1-13-8-22(11-19)9-16(13)18(24)21-17-10-23(12-20-17)14(2)15-6-4-3-5-7-15/h3-7,10,12-14,16H,8-9H2,1-2H3,(H,21,24)/t13?,14-,16?/m0/s1. The van der Waals surface area contributed by atoms with E-state index in [1.165, 1.54) is 5.56 Å². The van der Waals surface area contributed by atoms with E-state index in [-0.39, 0.29) is 23.8 Å². The Morgan fingerprint density at radius 2 is 2.12 bits per heavy atom. The second-order valence-electron chi connectivity index (χ2n) is 6.37. The Balaban J connectivity index is 1.66. The summed E-state index contributed by atoms with van der Waals surface area (Å²) in [6.07, 6.45) is 5.69. The molecule has 0 bridgehead atoms. The Labute approximate surface area is 141 Å². The number of rotatable bonds is 4. The van der Waals surface area contributed by atoms with E-state index in [1.807, 2.05) is 35.9 Å². The third-order valence-corrected chi connectivity index (χ3v) is 4.67. The Bertz CT molecular complexity index is 748. The molecule has 1 N–H and O–H groups in total. The second kappa shape index (κ2) is 6.75. The number of nitrogens with one attached hydrogen (secondary N) is 1. The minimum Gasteiger partial charge on any atom is -0.328 e. The minimum atomic E-state index is -0.179. The van der Waals surface area contributed by atoms with Crippen molar-refractivity contribution in [1.82, 2.24) is 14.5 Å². The van der Waals surface area contributed by atoms with Gasteiger partial charge in [0.15, 0.2) is 12.0 Å². The Kier molecular flexibility index (Phi) is 4.52. The number of benzene rings is 1. The molecule has 2 unspecified atom stereocenters. The van der Waals surface area contributed by atoms with E-state index in [0.717, 1.165) is 0 Å². The number of carbonyl (C=O) groups is 1. The van der Waals surface area contributed by atoms with Crippen LogP contribution in [0.2, 0.25) is 0 Å². The molecule has 2 aromatic rings. The molecule has 0 spiro atoms. The fourth-order valence-corrected chi connectivity index (χ4v) is 3.13. The van der Waals surface area contributed by atoms with Gasteiger partial charge in [-0.3, -0.25) is 4.79 Å². The summed E-state index contributed by atoms with van der Waals surface area (Å²) < 4.78 is 1.98. The maximum absolute atomic E-state index is 12.4. The largest absolute Gasteiger partial charge is 0.328 e. The molecular weight excluding hydrogens is 302 g/mol. The van der Waals surface area contributed by atoms with Crippen LogP contribution in [0.3, 0.4) is 0 Å². The summed E-state index contributed by atoms with van der Waals surface area (Å²) in [7, 11) is 0. The van der Waals surface area contributed by atoms with Gasteiger partial charge < -0.3 is 14.8 Å². The molecule has 1 saturated heterocycles. The molecule has 124 valence electrons. The summed E-state index contributed by atoms with van der Waals surface area (Å²) in [4.78, 5) is 18.4. The number of amides is 1. The molecule has 3 rings (SSSR count). The van der Waals surface area contributed by atoms with Crippen LogP contribution in [0.4, 0.5) is 5.82 Å². The highest BCUT2D eigenvalue weighted by Crippen LogP contribution is 2.24. The van der Waals surface area contributed by atoms with E-state index in [1.54, 1.807) is 11.2 Å². The lowest BCUT2D eigenvalue weighted by Gasteiger charge is -2.14. The minimum absolute atomic E-state index is 0.0714. The normalized spacial score (nSPS) is 21.3. The van der Waals surface area contributed by atoms with Gasteiger partial charge in [0.05, 0.1) is 18.3 Å². The second-order valence-corrected chi connectivity index (χ2v) is 6.37. The first kappa shape index (κ1) is 16.1. The summed E-state index contributed by atoms with van der Waals surface area (Å²) in [5, 5.41) is 11.9. The molecule has 1 aliphatic heterocycles. The first-order valence-electron chi connectivity index (χ1n) is 8.12. The molecule has 1 fully saturated rings. The topological polar surface area (TPSA) is 74.0 Å². The maximum Gasteiger partial charge on any atom is 0.230 e. The van der Waals surface area contributed by atoms with Crippen molar-refractivity contribution in [2.75, 3.05) is 18.4 Å². The SMILES string of the molecule is CC1CN(C#N)CC1C(=O)Nc1cn([C@@H](C)c2ccccc2)cn1. The molecule has 0 radical (unpaired) electrons. The van der Waals surface area contributed by atoms with E-state index in [4.69, 9.17) is 5.26 Å². The van der Waals surface area contributed by atoms with Crippen molar-refractivity contribution < 1.29 is 4.79 Å². The molecule has 1 aliphatic rings. The highest BCUT2D eigenvalue weighted by molar-refractivity contribution is 5.92. The molecule has 2 heterocycles. The maximum atomic E-state index is 12.4. The van der Waals surface area contributed by atoms with E-state index in [0.29, 0.717) is 18.9 Å². The number of likely N-dealkylation sites (tertiary alicyclic amines) is 1. The molecule has 6 nitrogen and oxygen atoms in total. The fourth-order valence-electron chi connectivity index (χ4n) is 3.13. The van der Waals surface area contributed by atoms with E-state index in [9.17, 15) is 4.79 Å². The Hall–Kier alpha value is -2.81. The average molecular weight is 323 g/mol. The van der Waals surface area contributed by atoms with Gasteiger partial charge in [0, 0.05) is 19.3 Å². The highest BCUT2D eigenvalue weighted by atomic mass is 16.2. The monoisotopic (exact) mass is 323 g/mol. The highest BCUT2D eigenvalue weighted by Gasteiger charge is 2.34. The van der Waals surface area contributed by atoms with Gasteiger partial charge in [-0.15, -0.1) is 0 Å². The van der Waals surface area contributed by atoms with Gasteiger partial charge in [0.1, 0.15) is 0 Å². The number of hydrogen-bond donors (Lipinski definition) is 1. The van der Waals surface area contributed by atoms with Gasteiger partial charge in [-0.2, -0.15) is 5.26 Å². The van der Waals surface area contributed by atoms with Gasteiger partial charge >= 0.3 is 0 Å². The summed E-state index contributed by atoms with van der Waals surface area (Å²) >= 11 is 0. The van der Waals surface area contributed by atoms with Crippen LogP contribution in [0.25, 0.3) is 0 Å². The number of hydrogen-bond acceptors (Lipinski definition) is 4. The third kappa shape index (κ3) is 3.25. The van der Waals surface area contributed by atoms with Gasteiger partial charge in [-0.25, -0.2) is 4.98 Å². The van der Waals surface area contributed by atoms with Crippen LogP contribution in [-0.2, 0) is 4.79 Å². The zero-order valence-electron chi connectivity index (χ0n) is 13.9. The number of aromatic nitrogens is 2. The zero-order valence-corrected chi connectivity index (χ0v) is 13.9. The van der Waals surface area contributed by atoms with E-state index in [2.05, 4.69) is 35.6 Å². The first-order valence-corrected chi connectivity index (χ1v) is 8.12. The molecule has 6 heteroatoms. The number of anilines is 1. The van der Waals surface area contributed by atoms with E-state index < -0.39 is 0 Å². The lowest BCUT2D eigenvalue weighted by Crippen LogP contribution is -2.28. The lowest BCUT2D eigenvalue weighted by atomic mass is 9.97. The molecule has 3 atom stereocenters. The van der Waals surface area contributed by atoms with Crippen molar-refractivity contribution in [2.45, 2.75) is 19.9 Å². The van der Waals surface area contributed by atoms with Crippen LogP contribution in [0.5, 0.6) is 0 Å². The first-order chi connectivity index (χ1) is 11.6. The summed E-state index contributed by atoms with van der Waals surface area (Å²) in [5.41, 5.74) is 1.18. The quantitative estimate of drug-likeness (QED) is 0.877. The van der Waals surface area contributed by atoms with Crippen molar-refractivity contribution in [3.8, 4) is 6.19 Å². The van der Waals surface area contributed by atoms with Crippen molar-refractivity contribution >= 4 is 11.7 Å². The van der Waals surface area contributed by atoms with Gasteiger partial charge in [0.2, 0.25) is 5.91 Å². The molecule has 0 saturated carbocycles. The predicted molar refractivity (Wildman–Crippen MR) is 91.0 cm³/mol. The van der Waals surface area contributed by atoms with Crippen LogP contribution < -0.4 is 5.32 Å². The Morgan fingerprint density at radius 3 is 2.79 bits per heavy atom. The lowest BCUT2D eigenvalue weighted by molar-refractivity contribution is -0.120. The van der Waals surface area contributed by atoms with Crippen LogP contribution in [0.15, 0.2) is 42.9 Å². The number of nitriles is 1. The molecule has 1 aromatic carbocycles.